The number of benzene rings is 2. The molecule has 0 bridgehead atoms. The van der Waals surface area contributed by atoms with Gasteiger partial charge in [-0.15, -0.1) is 0 Å². The van der Waals surface area contributed by atoms with Crippen molar-refractivity contribution >= 4 is 29.3 Å². The number of hydrogen-bond acceptors (Lipinski definition) is 6. The zero-order chi connectivity index (χ0) is 21.1. The van der Waals surface area contributed by atoms with E-state index in [4.69, 9.17) is 9.47 Å². The highest BCUT2D eigenvalue weighted by Crippen LogP contribution is 2.35. The summed E-state index contributed by atoms with van der Waals surface area (Å²) >= 11 is 0. The molecule has 4 rings (SSSR count). The molecule has 0 aliphatic carbocycles. The first-order valence-corrected chi connectivity index (χ1v) is 9.42. The van der Waals surface area contributed by atoms with E-state index in [1.807, 2.05) is 0 Å². The second-order valence-electron chi connectivity index (χ2n) is 6.92. The van der Waals surface area contributed by atoms with Gasteiger partial charge in [-0.1, -0.05) is 0 Å². The third-order valence-corrected chi connectivity index (χ3v) is 4.84. The fourth-order valence-electron chi connectivity index (χ4n) is 3.38. The maximum atomic E-state index is 12.4. The first-order chi connectivity index (χ1) is 14.5. The minimum Gasteiger partial charge on any atom is -0.486 e. The fraction of sp³-hybridized carbons (Fsp3) is 0.238. The maximum Gasteiger partial charge on any atom is 0.269 e. The summed E-state index contributed by atoms with van der Waals surface area (Å²) in [4.78, 5) is 36.5. The van der Waals surface area contributed by atoms with Crippen LogP contribution in [0.1, 0.15) is 12.0 Å². The Hall–Kier alpha value is -3.88. The van der Waals surface area contributed by atoms with Crippen LogP contribution >= 0.6 is 0 Å². The van der Waals surface area contributed by atoms with Crippen LogP contribution in [0.15, 0.2) is 48.5 Å². The topological polar surface area (TPSA) is 111 Å². The number of anilines is 1. The van der Waals surface area contributed by atoms with Crippen molar-refractivity contribution in [2.45, 2.75) is 12.5 Å². The van der Waals surface area contributed by atoms with Gasteiger partial charge in [-0.3, -0.25) is 19.7 Å². The van der Waals surface area contributed by atoms with Crippen LogP contribution in [0.4, 0.5) is 11.4 Å². The number of hydrogen-bond donors (Lipinski definition) is 1. The van der Waals surface area contributed by atoms with E-state index in [9.17, 15) is 19.7 Å². The Bertz CT molecular complexity index is 1020. The number of ether oxygens (including phenoxy) is 2. The van der Waals surface area contributed by atoms with Gasteiger partial charge in [-0.2, -0.15) is 0 Å². The summed E-state index contributed by atoms with van der Waals surface area (Å²) in [5.41, 5.74) is 1.35. The van der Waals surface area contributed by atoms with Crippen molar-refractivity contribution in [1.82, 2.24) is 5.32 Å². The lowest BCUT2D eigenvalue weighted by Gasteiger charge is -2.22. The molecule has 2 heterocycles. The highest BCUT2D eigenvalue weighted by atomic mass is 16.6. The Balaban J connectivity index is 1.36. The Kier molecular flexibility index (Phi) is 5.34. The van der Waals surface area contributed by atoms with Crippen LogP contribution in [0.3, 0.4) is 0 Å². The molecule has 1 atom stereocenters. The molecule has 1 saturated heterocycles. The highest BCUT2D eigenvalue weighted by Gasteiger charge is 2.32. The van der Waals surface area contributed by atoms with E-state index in [2.05, 4.69) is 5.32 Å². The number of carbonyl (C=O) groups excluding carboxylic acids is 2. The number of fused-ring (bicyclic) bond motifs is 1. The molecule has 2 aliphatic heterocycles. The second-order valence-corrected chi connectivity index (χ2v) is 6.92. The van der Waals surface area contributed by atoms with E-state index in [-0.39, 0.29) is 30.0 Å². The van der Waals surface area contributed by atoms with Gasteiger partial charge < -0.3 is 19.7 Å². The van der Waals surface area contributed by atoms with Gasteiger partial charge in [-0.05, 0) is 35.9 Å². The lowest BCUT2D eigenvalue weighted by atomic mass is 10.2. The second kappa shape index (κ2) is 8.24. The number of nitrogens with one attached hydrogen (secondary N) is 1. The Morgan fingerprint density at radius 3 is 2.60 bits per heavy atom. The molecule has 1 fully saturated rings. The quantitative estimate of drug-likeness (QED) is 0.461. The predicted octanol–water partition coefficient (Wildman–Crippen LogP) is 2.30. The van der Waals surface area contributed by atoms with Gasteiger partial charge in [0, 0.05) is 42.9 Å². The number of nitro groups is 1. The molecule has 9 heteroatoms. The minimum atomic E-state index is -0.481. The summed E-state index contributed by atoms with van der Waals surface area (Å²) in [6.45, 7) is 1.32. The molecule has 30 heavy (non-hydrogen) atoms. The number of non-ortho nitro benzene ring substituents is 1. The van der Waals surface area contributed by atoms with Crippen LogP contribution in [-0.4, -0.2) is 42.5 Å². The highest BCUT2D eigenvalue weighted by molar-refractivity contribution is 5.98. The van der Waals surface area contributed by atoms with Crippen molar-refractivity contribution in [1.29, 1.82) is 0 Å². The van der Waals surface area contributed by atoms with Gasteiger partial charge in [0.2, 0.25) is 11.8 Å². The zero-order valence-corrected chi connectivity index (χ0v) is 15.9. The SMILES string of the molecule is O=C(/C=C/c1ccc([N+](=O)[O-])cc1)NC1CC(=O)N(c2ccc3c(c2)OCCO3)C1. The number of nitrogens with zero attached hydrogens (tertiary/aromatic N) is 2. The van der Waals surface area contributed by atoms with E-state index in [1.165, 1.54) is 18.2 Å². The lowest BCUT2D eigenvalue weighted by Crippen LogP contribution is -2.36. The molecule has 154 valence electrons. The van der Waals surface area contributed by atoms with Gasteiger partial charge >= 0.3 is 0 Å². The average Bonchev–Trinajstić information content (AvgIpc) is 3.12. The van der Waals surface area contributed by atoms with Gasteiger partial charge in [-0.25, -0.2) is 0 Å². The molecule has 9 nitrogen and oxygen atoms in total. The number of carbonyl (C=O) groups is 2. The van der Waals surface area contributed by atoms with E-state index in [0.717, 1.165) is 0 Å². The molecule has 0 spiro atoms. The summed E-state index contributed by atoms with van der Waals surface area (Å²) < 4.78 is 11.1. The summed E-state index contributed by atoms with van der Waals surface area (Å²) in [6.07, 6.45) is 3.11. The van der Waals surface area contributed by atoms with Gasteiger partial charge in [0.25, 0.3) is 5.69 Å². The zero-order valence-electron chi connectivity index (χ0n) is 15.9. The summed E-state index contributed by atoms with van der Waals surface area (Å²) in [7, 11) is 0. The summed E-state index contributed by atoms with van der Waals surface area (Å²) in [5.74, 6) is 0.828. The predicted molar refractivity (Wildman–Crippen MR) is 108 cm³/mol. The molecule has 0 saturated carbocycles. The molecular formula is C21H19N3O6. The van der Waals surface area contributed by atoms with Crippen LogP contribution in [0.5, 0.6) is 11.5 Å². The van der Waals surface area contributed by atoms with Crippen LogP contribution in [0.2, 0.25) is 0 Å². The van der Waals surface area contributed by atoms with Gasteiger partial charge in [0.05, 0.1) is 11.0 Å². The maximum absolute atomic E-state index is 12.4. The van der Waals surface area contributed by atoms with E-state index >= 15 is 0 Å². The van der Waals surface area contributed by atoms with Crippen LogP contribution in [0, 0.1) is 10.1 Å². The molecule has 2 aromatic rings. The third kappa shape index (κ3) is 4.24. The van der Waals surface area contributed by atoms with Crippen LogP contribution in [0.25, 0.3) is 6.08 Å². The van der Waals surface area contributed by atoms with E-state index < -0.39 is 4.92 Å². The minimum absolute atomic E-state index is 0.0136. The van der Waals surface area contributed by atoms with Crippen LogP contribution in [-0.2, 0) is 9.59 Å². The van der Waals surface area contributed by atoms with E-state index in [0.29, 0.717) is 42.5 Å². The smallest absolute Gasteiger partial charge is 0.269 e. The monoisotopic (exact) mass is 409 g/mol. The van der Waals surface area contributed by atoms with Crippen molar-refractivity contribution in [3.63, 3.8) is 0 Å². The van der Waals surface area contributed by atoms with Crippen molar-refractivity contribution < 1.29 is 24.0 Å². The molecular weight excluding hydrogens is 390 g/mol. The largest absolute Gasteiger partial charge is 0.486 e. The molecule has 1 N–H and O–H groups in total. The van der Waals surface area contributed by atoms with Crippen molar-refractivity contribution in [2.24, 2.45) is 0 Å². The Morgan fingerprint density at radius 2 is 1.87 bits per heavy atom. The average molecular weight is 409 g/mol. The lowest BCUT2D eigenvalue weighted by molar-refractivity contribution is -0.384. The van der Waals surface area contributed by atoms with Crippen molar-refractivity contribution in [3.8, 4) is 11.5 Å². The van der Waals surface area contributed by atoms with Gasteiger partial charge in [0.15, 0.2) is 11.5 Å². The number of rotatable bonds is 5. The molecule has 0 aromatic heterocycles. The summed E-state index contributed by atoms with van der Waals surface area (Å²) in [5, 5.41) is 13.5. The standard InChI is InChI=1S/C21H19N3O6/c25-20(8-3-14-1-4-16(5-2-14)24(27)28)22-15-11-21(26)23(13-15)17-6-7-18-19(12-17)30-10-9-29-18/h1-8,12,15H,9-11,13H2,(H,22,25)/b8-3+. The van der Waals surface area contributed by atoms with Crippen LogP contribution < -0.4 is 19.7 Å². The number of amides is 2. The molecule has 2 aromatic carbocycles. The third-order valence-electron chi connectivity index (χ3n) is 4.84. The molecule has 2 amide bonds. The fourth-order valence-corrected chi connectivity index (χ4v) is 3.38. The van der Waals surface area contributed by atoms with Gasteiger partial charge in [0.1, 0.15) is 13.2 Å². The first-order valence-electron chi connectivity index (χ1n) is 9.42. The van der Waals surface area contributed by atoms with E-state index in [1.54, 1.807) is 41.3 Å². The number of nitro benzene ring substituents is 1. The summed E-state index contributed by atoms with van der Waals surface area (Å²) in [6, 6.07) is 10.9. The first kappa shape index (κ1) is 19.4. The Labute approximate surface area is 172 Å². The normalized spacial score (nSPS) is 17.9. The molecule has 2 aliphatic rings. The van der Waals surface area contributed by atoms with Crippen molar-refractivity contribution in [3.05, 3.63) is 64.2 Å². The Morgan fingerprint density at radius 1 is 1.13 bits per heavy atom. The molecule has 0 radical (unpaired) electrons. The molecule has 1 unspecified atom stereocenters. The van der Waals surface area contributed by atoms with Crippen molar-refractivity contribution in [2.75, 3.05) is 24.7 Å².